The number of carbonyl (C=O) groups is 1. The number of pyridine rings is 2. The van der Waals surface area contributed by atoms with Crippen LogP contribution < -0.4 is 15.4 Å². The Balaban J connectivity index is 1.39. The van der Waals surface area contributed by atoms with Crippen molar-refractivity contribution in [3.05, 3.63) is 42.4 Å². The SMILES string of the molecule is CC(=O)Nc1cc(Oc2cnc3nc(Nc4cc(C(C)(C)C)n(C5CC(O)C5)n4)n(C)c3c2)ccn1. The van der Waals surface area contributed by atoms with Crippen LogP contribution in [-0.2, 0) is 17.3 Å². The lowest BCUT2D eigenvalue weighted by molar-refractivity contribution is -0.114. The van der Waals surface area contributed by atoms with E-state index in [0.717, 1.165) is 11.2 Å². The van der Waals surface area contributed by atoms with Crippen molar-refractivity contribution in [1.82, 2.24) is 29.3 Å². The van der Waals surface area contributed by atoms with Gasteiger partial charge in [0.25, 0.3) is 0 Å². The number of nitrogens with one attached hydrogen (secondary N) is 2. The average molecular weight is 491 g/mol. The van der Waals surface area contributed by atoms with Crippen LogP contribution in [0.3, 0.4) is 0 Å². The van der Waals surface area contributed by atoms with Gasteiger partial charge in [-0.25, -0.2) is 9.97 Å². The third-order valence-corrected chi connectivity index (χ3v) is 6.16. The van der Waals surface area contributed by atoms with Crippen LogP contribution in [0.4, 0.5) is 17.6 Å². The van der Waals surface area contributed by atoms with Gasteiger partial charge in [-0.2, -0.15) is 10.1 Å². The minimum Gasteiger partial charge on any atom is -0.455 e. The normalized spacial score (nSPS) is 17.6. The van der Waals surface area contributed by atoms with E-state index in [-0.39, 0.29) is 23.5 Å². The maximum absolute atomic E-state index is 11.3. The summed E-state index contributed by atoms with van der Waals surface area (Å²) in [6.07, 6.45) is 4.34. The van der Waals surface area contributed by atoms with Crippen molar-refractivity contribution >= 4 is 34.7 Å². The number of aliphatic hydroxyl groups excluding tert-OH is 1. The van der Waals surface area contributed by atoms with Crippen molar-refractivity contribution in [2.45, 2.75) is 58.1 Å². The lowest BCUT2D eigenvalue weighted by atomic mass is 9.87. The predicted molar refractivity (Wildman–Crippen MR) is 136 cm³/mol. The number of nitrogens with zero attached hydrogens (tertiary/aromatic N) is 6. The van der Waals surface area contributed by atoms with Crippen molar-refractivity contribution in [3.63, 3.8) is 0 Å². The van der Waals surface area contributed by atoms with Gasteiger partial charge < -0.3 is 25.0 Å². The van der Waals surface area contributed by atoms with Crippen LogP contribution in [0.2, 0.25) is 0 Å². The van der Waals surface area contributed by atoms with Gasteiger partial charge in [-0.15, -0.1) is 0 Å². The van der Waals surface area contributed by atoms with Crippen LogP contribution in [0.1, 0.15) is 52.3 Å². The molecule has 0 radical (unpaired) electrons. The number of carbonyl (C=O) groups excluding carboxylic acids is 1. The van der Waals surface area contributed by atoms with E-state index >= 15 is 0 Å². The number of rotatable bonds is 6. The highest BCUT2D eigenvalue weighted by molar-refractivity contribution is 5.87. The first-order chi connectivity index (χ1) is 17.1. The Morgan fingerprint density at radius 1 is 1.14 bits per heavy atom. The molecule has 4 aromatic rings. The summed E-state index contributed by atoms with van der Waals surface area (Å²) in [6.45, 7) is 7.89. The molecule has 3 N–H and O–H groups in total. The van der Waals surface area contributed by atoms with Gasteiger partial charge in [0.2, 0.25) is 11.9 Å². The van der Waals surface area contributed by atoms with Gasteiger partial charge in [0, 0.05) is 49.5 Å². The summed E-state index contributed by atoms with van der Waals surface area (Å²) in [4.78, 5) is 24.5. The van der Waals surface area contributed by atoms with Crippen molar-refractivity contribution in [2.24, 2.45) is 7.05 Å². The van der Waals surface area contributed by atoms with E-state index in [9.17, 15) is 9.90 Å². The topological polar surface area (TPSA) is 132 Å². The van der Waals surface area contributed by atoms with Crippen LogP contribution in [-0.4, -0.2) is 46.4 Å². The molecule has 1 saturated carbocycles. The first kappa shape index (κ1) is 23.7. The minimum atomic E-state index is -0.255. The van der Waals surface area contributed by atoms with E-state index in [0.29, 0.717) is 47.6 Å². The number of hydrogen-bond acceptors (Lipinski definition) is 8. The second-order valence-corrected chi connectivity index (χ2v) is 10.2. The minimum absolute atomic E-state index is 0.0968. The highest BCUT2D eigenvalue weighted by atomic mass is 16.5. The summed E-state index contributed by atoms with van der Waals surface area (Å²) in [5.41, 5.74) is 2.35. The van der Waals surface area contributed by atoms with Gasteiger partial charge in [0.1, 0.15) is 17.3 Å². The third-order valence-electron chi connectivity index (χ3n) is 6.16. The lowest BCUT2D eigenvalue weighted by Crippen LogP contribution is -2.34. The number of amides is 1. The fraction of sp³-hybridized carbons (Fsp3) is 0.400. The van der Waals surface area contributed by atoms with Gasteiger partial charge in [-0.1, -0.05) is 20.8 Å². The standard InChI is InChI=1S/C25H30N8O3/c1-14(34)28-21-11-17(6-7-26-21)36-18-10-19-23(27-13-18)30-24(32(19)5)29-22-12-20(25(2,3)4)33(31-22)15-8-16(35)9-15/h6-7,10-13,15-16,35H,8-9H2,1-5H3,(H,26,28,34)(H,27,29,30,31). The maximum Gasteiger partial charge on any atom is 0.222 e. The zero-order valence-corrected chi connectivity index (χ0v) is 21.0. The van der Waals surface area contributed by atoms with Crippen LogP contribution in [0, 0.1) is 0 Å². The van der Waals surface area contributed by atoms with Gasteiger partial charge in [-0.05, 0) is 18.9 Å². The smallest absolute Gasteiger partial charge is 0.222 e. The number of aryl methyl sites for hydroxylation is 1. The van der Waals surface area contributed by atoms with Crippen LogP contribution in [0.5, 0.6) is 11.5 Å². The van der Waals surface area contributed by atoms with Crippen LogP contribution in [0.25, 0.3) is 11.2 Å². The molecule has 11 nitrogen and oxygen atoms in total. The summed E-state index contributed by atoms with van der Waals surface area (Å²) in [5, 5.41) is 20.6. The Morgan fingerprint density at radius 2 is 1.92 bits per heavy atom. The molecule has 1 amide bonds. The molecular formula is C25H30N8O3. The third kappa shape index (κ3) is 4.74. The molecule has 0 saturated heterocycles. The number of imidazole rings is 1. The Labute approximate surface area is 208 Å². The van der Waals surface area contributed by atoms with Gasteiger partial charge in [0.15, 0.2) is 11.5 Å². The monoisotopic (exact) mass is 490 g/mol. The first-order valence-electron chi connectivity index (χ1n) is 11.9. The van der Waals surface area contributed by atoms with E-state index < -0.39 is 0 Å². The fourth-order valence-electron chi connectivity index (χ4n) is 4.24. The molecule has 1 aliphatic rings. The molecule has 11 heteroatoms. The highest BCUT2D eigenvalue weighted by Gasteiger charge is 2.33. The van der Waals surface area contributed by atoms with Gasteiger partial charge in [-0.3, -0.25) is 9.48 Å². The molecule has 1 fully saturated rings. The Hall–Kier alpha value is -3.99. The van der Waals surface area contributed by atoms with Crippen LogP contribution >= 0.6 is 0 Å². The number of hydrogen-bond donors (Lipinski definition) is 3. The largest absolute Gasteiger partial charge is 0.455 e. The molecule has 0 aliphatic heterocycles. The second-order valence-electron chi connectivity index (χ2n) is 10.2. The molecule has 0 aromatic carbocycles. The molecule has 5 rings (SSSR count). The van der Waals surface area contributed by atoms with Gasteiger partial charge in [0.05, 0.1) is 23.9 Å². The van der Waals surface area contributed by atoms with Gasteiger partial charge >= 0.3 is 0 Å². The number of fused-ring (bicyclic) bond motifs is 1. The number of anilines is 3. The van der Waals surface area contributed by atoms with Crippen molar-refractivity contribution in [2.75, 3.05) is 10.6 Å². The van der Waals surface area contributed by atoms with Crippen molar-refractivity contribution < 1.29 is 14.6 Å². The van der Waals surface area contributed by atoms with Crippen molar-refractivity contribution in [3.8, 4) is 11.5 Å². The second kappa shape index (κ2) is 8.90. The summed E-state index contributed by atoms with van der Waals surface area (Å²) < 4.78 is 9.88. The predicted octanol–water partition coefficient (Wildman–Crippen LogP) is 4.05. The average Bonchev–Trinajstić information content (AvgIpc) is 3.33. The van der Waals surface area contributed by atoms with E-state index in [2.05, 4.69) is 46.4 Å². The Bertz CT molecular complexity index is 1430. The molecule has 0 unspecified atom stereocenters. The molecular weight excluding hydrogens is 460 g/mol. The van der Waals surface area contributed by atoms with E-state index in [4.69, 9.17) is 9.84 Å². The Kier molecular flexibility index (Phi) is 5.87. The molecule has 0 atom stereocenters. The molecule has 4 aromatic heterocycles. The molecule has 36 heavy (non-hydrogen) atoms. The summed E-state index contributed by atoms with van der Waals surface area (Å²) >= 11 is 0. The lowest BCUT2D eigenvalue weighted by Gasteiger charge is -2.34. The fourth-order valence-corrected chi connectivity index (χ4v) is 4.24. The number of ether oxygens (including phenoxy) is 1. The molecule has 1 aliphatic carbocycles. The quantitative estimate of drug-likeness (QED) is 0.369. The summed E-state index contributed by atoms with van der Waals surface area (Å²) in [6, 6.07) is 7.45. The van der Waals surface area contributed by atoms with Crippen LogP contribution in [0.15, 0.2) is 36.7 Å². The zero-order valence-electron chi connectivity index (χ0n) is 21.0. The summed E-state index contributed by atoms with van der Waals surface area (Å²) in [5.74, 6) is 2.55. The van der Waals surface area contributed by atoms with E-state index in [1.807, 2.05) is 28.4 Å². The Morgan fingerprint density at radius 3 is 2.61 bits per heavy atom. The molecule has 188 valence electrons. The summed E-state index contributed by atoms with van der Waals surface area (Å²) in [7, 11) is 1.90. The number of aromatic nitrogens is 6. The molecule has 0 spiro atoms. The first-order valence-corrected chi connectivity index (χ1v) is 11.9. The highest BCUT2D eigenvalue weighted by Crippen LogP contribution is 2.37. The van der Waals surface area contributed by atoms with E-state index in [1.165, 1.54) is 6.92 Å². The zero-order chi connectivity index (χ0) is 25.6. The van der Waals surface area contributed by atoms with E-state index in [1.54, 1.807) is 24.5 Å². The molecule has 0 bridgehead atoms. The van der Waals surface area contributed by atoms with Crippen molar-refractivity contribution in [1.29, 1.82) is 0 Å². The molecule has 4 heterocycles. The maximum atomic E-state index is 11.3. The number of aliphatic hydroxyl groups is 1.